The molecule has 2 aliphatic rings. The van der Waals surface area contributed by atoms with E-state index in [2.05, 4.69) is 88.4 Å². The van der Waals surface area contributed by atoms with Gasteiger partial charge in [0.1, 0.15) is 0 Å². The number of para-hydroxylation sites is 1. The molecule has 3 rings (SSSR count). The average Bonchev–Trinajstić information content (AvgIpc) is 3.12. The standard InChI is InChI=1S/C23H40N6/c1-18(2)29-16-19(3)22(17-29)26-23(24-5)25-15-20(4)27-11-13-28(14-12-27)21-9-7-6-8-10-21/h6-10,18-20,22H,11-17H2,1-5H3,(H2,24,25,26). The van der Waals surface area contributed by atoms with Gasteiger partial charge < -0.3 is 15.5 Å². The van der Waals surface area contributed by atoms with Crippen molar-refractivity contribution in [3.8, 4) is 0 Å². The number of nitrogens with one attached hydrogen (secondary N) is 2. The summed E-state index contributed by atoms with van der Waals surface area (Å²) in [6, 6.07) is 12.3. The van der Waals surface area contributed by atoms with Crippen molar-refractivity contribution in [2.45, 2.75) is 45.8 Å². The van der Waals surface area contributed by atoms with E-state index in [1.165, 1.54) is 5.69 Å². The number of benzene rings is 1. The zero-order valence-corrected chi connectivity index (χ0v) is 18.9. The fourth-order valence-electron chi connectivity index (χ4n) is 4.42. The van der Waals surface area contributed by atoms with Crippen molar-refractivity contribution in [2.75, 3.05) is 57.8 Å². The maximum atomic E-state index is 4.47. The Morgan fingerprint density at radius 2 is 1.72 bits per heavy atom. The third kappa shape index (κ3) is 5.86. The lowest BCUT2D eigenvalue weighted by Gasteiger charge is -2.39. The van der Waals surface area contributed by atoms with Crippen LogP contribution in [0.3, 0.4) is 0 Å². The Morgan fingerprint density at radius 3 is 2.31 bits per heavy atom. The highest BCUT2D eigenvalue weighted by Gasteiger charge is 2.31. The van der Waals surface area contributed by atoms with Crippen molar-refractivity contribution in [1.29, 1.82) is 0 Å². The van der Waals surface area contributed by atoms with Crippen molar-refractivity contribution in [3.05, 3.63) is 30.3 Å². The van der Waals surface area contributed by atoms with Crippen LogP contribution in [-0.2, 0) is 0 Å². The zero-order valence-electron chi connectivity index (χ0n) is 18.9. The van der Waals surface area contributed by atoms with Gasteiger partial charge in [0.15, 0.2) is 5.96 Å². The Hall–Kier alpha value is -1.79. The maximum Gasteiger partial charge on any atom is 0.191 e. The maximum absolute atomic E-state index is 4.47. The lowest BCUT2D eigenvalue weighted by Crippen LogP contribution is -2.54. The molecule has 1 aromatic rings. The smallest absolute Gasteiger partial charge is 0.191 e. The molecule has 0 radical (unpaired) electrons. The summed E-state index contributed by atoms with van der Waals surface area (Å²) in [6.45, 7) is 16.8. The van der Waals surface area contributed by atoms with Crippen LogP contribution >= 0.6 is 0 Å². The average molecular weight is 401 g/mol. The van der Waals surface area contributed by atoms with Crippen LogP contribution in [0.4, 0.5) is 5.69 Å². The van der Waals surface area contributed by atoms with Gasteiger partial charge in [0.2, 0.25) is 0 Å². The lowest BCUT2D eigenvalue weighted by atomic mass is 10.1. The fraction of sp³-hybridized carbons (Fsp3) is 0.696. The van der Waals surface area contributed by atoms with E-state index in [0.717, 1.165) is 51.8 Å². The number of guanidine groups is 1. The first kappa shape index (κ1) is 21.9. The normalized spacial score (nSPS) is 25.4. The van der Waals surface area contributed by atoms with Crippen LogP contribution in [0.1, 0.15) is 27.7 Å². The minimum Gasteiger partial charge on any atom is -0.369 e. The lowest BCUT2D eigenvalue weighted by molar-refractivity contribution is 0.197. The van der Waals surface area contributed by atoms with Crippen LogP contribution in [0.15, 0.2) is 35.3 Å². The molecule has 0 aromatic heterocycles. The van der Waals surface area contributed by atoms with Gasteiger partial charge in [-0.15, -0.1) is 0 Å². The second kappa shape index (κ2) is 10.3. The van der Waals surface area contributed by atoms with Crippen LogP contribution in [0, 0.1) is 5.92 Å². The predicted octanol–water partition coefficient (Wildman–Crippen LogP) is 2.09. The van der Waals surface area contributed by atoms with Crippen molar-refractivity contribution >= 4 is 11.6 Å². The summed E-state index contributed by atoms with van der Waals surface area (Å²) >= 11 is 0. The second-order valence-corrected chi connectivity index (χ2v) is 8.94. The van der Waals surface area contributed by atoms with E-state index in [-0.39, 0.29) is 0 Å². The van der Waals surface area contributed by atoms with Gasteiger partial charge in [-0.25, -0.2) is 0 Å². The van der Waals surface area contributed by atoms with E-state index in [1.807, 2.05) is 7.05 Å². The highest BCUT2D eigenvalue weighted by molar-refractivity contribution is 5.80. The molecule has 0 bridgehead atoms. The number of hydrogen-bond donors (Lipinski definition) is 2. The van der Waals surface area contributed by atoms with Crippen LogP contribution in [-0.4, -0.2) is 86.7 Å². The monoisotopic (exact) mass is 400 g/mol. The van der Waals surface area contributed by atoms with Gasteiger partial charge >= 0.3 is 0 Å². The topological polar surface area (TPSA) is 46.1 Å². The summed E-state index contributed by atoms with van der Waals surface area (Å²) in [5, 5.41) is 7.22. The summed E-state index contributed by atoms with van der Waals surface area (Å²) in [4.78, 5) is 12.1. The number of anilines is 1. The Kier molecular flexibility index (Phi) is 7.78. The van der Waals surface area contributed by atoms with E-state index in [9.17, 15) is 0 Å². The summed E-state index contributed by atoms with van der Waals surface area (Å²) in [6.07, 6.45) is 0. The molecule has 2 heterocycles. The molecule has 0 amide bonds. The highest BCUT2D eigenvalue weighted by atomic mass is 15.3. The van der Waals surface area contributed by atoms with E-state index < -0.39 is 0 Å². The minimum atomic E-state index is 0.466. The first-order chi connectivity index (χ1) is 14.0. The molecule has 29 heavy (non-hydrogen) atoms. The summed E-state index contributed by atoms with van der Waals surface area (Å²) < 4.78 is 0. The van der Waals surface area contributed by atoms with Crippen LogP contribution in [0.2, 0.25) is 0 Å². The molecule has 2 saturated heterocycles. The Morgan fingerprint density at radius 1 is 1.03 bits per heavy atom. The molecule has 3 unspecified atom stereocenters. The van der Waals surface area contributed by atoms with Gasteiger partial charge in [0.05, 0.1) is 0 Å². The molecular weight excluding hydrogens is 360 g/mol. The molecule has 0 aliphatic carbocycles. The summed E-state index contributed by atoms with van der Waals surface area (Å²) in [7, 11) is 1.87. The van der Waals surface area contributed by atoms with E-state index >= 15 is 0 Å². The molecule has 0 spiro atoms. The largest absolute Gasteiger partial charge is 0.369 e. The van der Waals surface area contributed by atoms with E-state index in [0.29, 0.717) is 24.0 Å². The number of piperazine rings is 1. The van der Waals surface area contributed by atoms with Gasteiger partial charge in [-0.05, 0) is 38.8 Å². The first-order valence-electron chi connectivity index (χ1n) is 11.2. The predicted molar refractivity (Wildman–Crippen MR) is 124 cm³/mol. The van der Waals surface area contributed by atoms with Gasteiger partial charge in [-0.3, -0.25) is 14.8 Å². The molecular formula is C23H40N6. The fourth-order valence-corrected chi connectivity index (χ4v) is 4.42. The molecule has 1 aromatic carbocycles. The van der Waals surface area contributed by atoms with Crippen LogP contribution in [0.25, 0.3) is 0 Å². The van der Waals surface area contributed by atoms with Crippen molar-refractivity contribution in [1.82, 2.24) is 20.4 Å². The molecule has 2 fully saturated rings. The number of aliphatic imine (C=N–C) groups is 1. The van der Waals surface area contributed by atoms with Crippen molar-refractivity contribution in [3.63, 3.8) is 0 Å². The molecule has 2 N–H and O–H groups in total. The Bertz CT molecular complexity index is 638. The molecule has 2 aliphatic heterocycles. The first-order valence-corrected chi connectivity index (χ1v) is 11.2. The Labute approximate surface area is 177 Å². The molecule has 162 valence electrons. The van der Waals surface area contributed by atoms with E-state index in [4.69, 9.17) is 0 Å². The Balaban J connectivity index is 1.42. The number of nitrogens with zero attached hydrogens (tertiary/aromatic N) is 4. The van der Waals surface area contributed by atoms with Crippen LogP contribution in [0.5, 0.6) is 0 Å². The quantitative estimate of drug-likeness (QED) is 0.566. The number of rotatable bonds is 6. The molecule has 6 heteroatoms. The highest BCUT2D eigenvalue weighted by Crippen LogP contribution is 2.19. The SMILES string of the molecule is CN=C(NCC(C)N1CCN(c2ccccc2)CC1)NC1CN(C(C)C)CC1C. The van der Waals surface area contributed by atoms with Gasteiger partial charge in [-0.1, -0.05) is 25.1 Å². The minimum absolute atomic E-state index is 0.466. The van der Waals surface area contributed by atoms with Gasteiger partial charge in [0.25, 0.3) is 0 Å². The van der Waals surface area contributed by atoms with E-state index in [1.54, 1.807) is 0 Å². The third-order valence-corrected chi connectivity index (χ3v) is 6.54. The molecule has 6 nitrogen and oxygen atoms in total. The summed E-state index contributed by atoms with van der Waals surface area (Å²) in [5.41, 5.74) is 1.34. The number of likely N-dealkylation sites (tertiary alicyclic amines) is 1. The third-order valence-electron chi connectivity index (χ3n) is 6.54. The van der Waals surface area contributed by atoms with Crippen molar-refractivity contribution < 1.29 is 0 Å². The summed E-state index contributed by atoms with van der Waals surface area (Å²) in [5.74, 6) is 1.57. The zero-order chi connectivity index (χ0) is 20.8. The van der Waals surface area contributed by atoms with Crippen LogP contribution < -0.4 is 15.5 Å². The molecule has 3 atom stereocenters. The molecule has 0 saturated carbocycles. The number of hydrogen-bond acceptors (Lipinski definition) is 4. The second-order valence-electron chi connectivity index (χ2n) is 8.94. The van der Waals surface area contributed by atoms with Gasteiger partial charge in [0, 0.05) is 76.7 Å². The van der Waals surface area contributed by atoms with Gasteiger partial charge in [-0.2, -0.15) is 0 Å². The van der Waals surface area contributed by atoms with Crippen molar-refractivity contribution in [2.24, 2.45) is 10.9 Å².